The smallest absolute Gasteiger partial charge is 0.244 e. The van der Waals surface area contributed by atoms with Gasteiger partial charge in [0, 0.05) is 11.4 Å². The third-order valence-electron chi connectivity index (χ3n) is 4.87. The first-order valence-electron chi connectivity index (χ1n) is 8.21. The summed E-state index contributed by atoms with van der Waals surface area (Å²) in [5, 5.41) is 12.9. The van der Waals surface area contributed by atoms with E-state index >= 15 is 0 Å². The molecule has 0 saturated carbocycles. The maximum absolute atomic E-state index is 12.8. The molecular formula is C18H23NO4S2. The van der Waals surface area contributed by atoms with E-state index in [-0.39, 0.29) is 11.4 Å². The molecule has 7 heteroatoms. The van der Waals surface area contributed by atoms with Crippen LogP contribution in [0.1, 0.15) is 34.4 Å². The Hall–Kier alpha value is -1.41. The number of fused-ring (bicyclic) bond motifs is 1. The molecule has 2 aromatic rings. The Balaban J connectivity index is 1.88. The van der Waals surface area contributed by atoms with Gasteiger partial charge < -0.3 is 9.84 Å². The van der Waals surface area contributed by atoms with Crippen molar-refractivity contribution in [1.29, 1.82) is 0 Å². The molecule has 1 unspecified atom stereocenters. The lowest BCUT2D eigenvalue weighted by Crippen LogP contribution is -2.42. The van der Waals surface area contributed by atoms with E-state index in [2.05, 4.69) is 4.72 Å². The zero-order valence-corrected chi connectivity index (χ0v) is 16.3. The first kappa shape index (κ1) is 18.4. The monoisotopic (exact) mass is 381 g/mol. The van der Waals surface area contributed by atoms with Gasteiger partial charge in [0.25, 0.3) is 0 Å². The van der Waals surface area contributed by atoms with Gasteiger partial charge in [-0.1, -0.05) is 0 Å². The third-order valence-corrected chi connectivity index (χ3v) is 7.27. The van der Waals surface area contributed by atoms with Crippen molar-refractivity contribution in [2.24, 2.45) is 0 Å². The summed E-state index contributed by atoms with van der Waals surface area (Å²) in [5.74, 6) is 0.308. The fraction of sp³-hybridized carbons (Fsp3) is 0.444. The Labute approximate surface area is 152 Å². The predicted molar refractivity (Wildman–Crippen MR) is 98.8 cm³/mol. The second kappa shape index (κ2) is 6.72. The van der Waals surface area contributed by atoms with Crippen LogP contribution in [-0.2, 0) is 22.0 Å². The topological polar surface area (TPSA) is 75.6 Å². The van der Waals surface area contributed by atoms with Gasteiger partial charge >= 0.3 is 0 Å². The Morgan fingerprint density at radius 1 is 1.32 bits per heavy atom. The van der Waals surface area contributed by atoms with Crippen LogP contribution < -0.4 is 9.46 Å². The first-order chi connectivity index (χ1) is 11.8. The van der Waals surface area contributed by atoms with Crippen LogP contribution in [0, 0.1) is 13.8 Å². The summed E-state index contributed by atoms with van der Waals surface area (Å²) in [4.78, 5) is 1.24. The lowest BCUT2D eigenvalue weighted by atomic mass is 9.83. The number of aryl methyl sites for hydroxylation is 3. The molecule has 1 atom stereocenters. The molecule has 0 amide bonds. The molecule has 0 radical (unpaired) electrons. The minimum atomic E-state index is -3.80. The maximum atomic E-state index is 12.8. The van der Waals surface area contributed by atoms with Gasteiger partial charge in [-0.2, -0.15) is 0 Å². The van der Waals surface area contributed by atoms with Crippen molar-refractivity contribution in [3.8, 4) is 5.75 Å². The fourth-order valence-electron chi connectivity index (χ4n) is 3.23. The number of thiophene rings is 1. The molecule has 1 aliphatic rings. The molecule has 1 aromatic carbocycles. The van der Waals surface area contributed by atoms with E-state index in [0.29, 0.717) is 12.2 Å². The number of hydrogen-bond acceptors (Lipinski definition) is 5. The van der Waals surface area contributed by atoms with E-state index in [1.54, 1.807) is 23.5 Å². The van der Waals surface area contributed by atoms with Crippen LogP contribution in [0.2, 0.25) is 0 Å². The van der Waals surface area contributed by atoms with Crippen molar-refractivity contribution in [2.75, 3.05) is 13.7 Å². The lowest BCUT2D eigenvalue weighted by molar-refractivity contribution is 0.0251. The SMILES string of the molecule is COc1cc(C)c(C)cc1S(=O)(=O)NCC1(O)CCCc2sccc21. The summed E-state index contributed by atoms with van der Waals surface area (Å²) in [6, 6.07) is 5.22. The zero-order chi connectivity index (χ0) is 18.2. The molecule has 0 aliphatic heterocycles. The van der Waals surface area contributed by atoms with Crippen LogP contribution in [-0.4, -0.2) is 27.2 Å². The molecule has 136 valence electrons. The number of aliphatic hydroxyl groups is 1. The standard InChI is InChI=1S/C18H23NO4S2/c1-12-9-15(23-3)17(10-13(12)2)25(21,22)19-11-18(20)7-4-5-16-14(18)6-8-24-16/h6,8-10,19-20H,4-5,7,11H2,1-3H3. The van der Waals surface area contributed by atoms with E-state index in [9.17, 15) is 13.5 Å². The second-order valence-electron chi connectivity index (χ2n) is 6.55. The molecular weight excluding hydrogens is 358 g/mol. The molecule has 0 bridgehead atoms. The fourth-order valence-corrected chi connectivity index (χ4v) is 5.57. The molecule has 1 aromatic heterocycles. The molecule has 0 saturated heterocycles. The van der Waals surface area contributed by atoms with Crippen molar-refractivity contribution in [3.05, 3.63) is 45.1 Å². The number of hydrogen-bond donors (Lipinski definition) is 2. The van der Waals surface area contributed by atoms with E-state index < -0.39 is 15.6 Å². The Bertz CT molecular complexity index is 888. The molecule has 5 nitrogen and oxygen atoms in total. The highest BCUT2D eigenvalue weighted by molar-refractivity contribution is 7.89. The van der Waals surface area contributed by atoms with E-state index in [1.165, 1.54) is 7.11 Å². The van der Waals surface area contributed by atoms with Crippen molar-refractivity contribution in [2.45, 2.75) is 43.6 Å². The van der Waals surface area contributed by atoms with E-state index in [1.807, 2.05) is 25.3 Å². The number of methoxy groups -OCH3 is 1. The van der Waals surface area contributed by atoms with Crippen LogP contribution in [0.25, 0.3) is 0 Å². The number of ether oxygens (including phenoxy) is 1. The number of nitrogens with one attached hydrogen (secondary N) is 1. The van der Waals surface area contributed by atoms with Crippen molar-refractivity contribution in [3.63, 3.8) is 0 Å². The van der Waals surface area contributed by atoms with Crippen molar-refractivity contribution < 1.29 is 18.3 Å². The average Bonchev–Trinajstić information content (AvgIpc) is 3.06. The van der Waals surface area contributed by atoms with E-state index in [4.69, 9.17) is 4.74 Å². The van der Waals surface area contributed by atoms with Gasteiger partial charge in [-0.3, -0.25) is 0 Å². The molecule has 2 N–H and O–H groups in total. The maximum Gasteiger partial charge on any atom is 0.244 e. The van der Waals surface area contributed by atoms with Crippen molar-refractivity contribution in [1.82, 2.24) is 4.72 Å². The third kappa shape index (κ3) is 3.46. The van der Waals surface area contributed by atoms with Gasteiger partial charge in [-0.25, -0.2) is 13.1 Å². The summed E-state index contributed by atoms with van der Waals surface area (Å²) in [6.07, 6.45) is 2.33. The molecule has 3 rings (SSSR count). The zero-order valence-electron chi connectivity index (χ0n) is 14.6. The quantitative estimate of drug-likeness (QED) is 0.835. The number of rotatable bonds is 5. The minimum absolute atomic E-state index is 0.0465. The largest absolute Gasteiger partial charge is 0.495 e. The highest BCUT2D eigenvalue weighted by Crippen LogP contribution is 2.38. The van der Waals surface area contributed by atoms with Gasteiger partial charge in [-0.15, -0.1) is 11.3 Å². The molecule has 1 aliphatic carbocycles. The van der Waals surface area contributed by atoms with Crippen LogP contribution in [0.3, 0.4) is 0 Å². The van der Waals surface area contributed by atoms with Crippen molar-refractivity contribution >= 4 is 21.4 Å². The molecule has 0 fully saturated rings. The number of benzene rings is 1. The summed E-state index contributed by atoms with van der Waals surface area (Å²) in [6.45, 7) is 3.72. The summed E-state index contributed by atoms with van der Waals surface area (Å²) >= 11 is 1.61. The second-order valence-corrected chi connectivity index (χ2v) is 9.29. The van der Waals surface area contributed by atoms with Crippen LogP contribution in [0.4, 0.5) is 0 Å². The number of sulfonamides is 1. The van der Waals surface area contributed by atoms with E-state index in [0.717, 1.165) is 34.4 Å². The summed E-state index contributed by atoms with van der Waals surface area (Å²) < 4.78 is 33.5. The Kier molecular flexibility index (Phi) is 4.94. The Morgan fingerprint density at radius 2 is 2.04 bits per heavy atom. The highest BCUT2D eigenvalue weighted by atomic mass is 32.2. The Morgan fingerprint density at radius 3 is 2.76 bits per heavy atom. The van der Waals surface area contributed by atoms with Gasteiger partial charge in [-0.05, 0) is 73.4 Å². The molecule has 25 heavy (non-hydrogen) atoms. The van der Waals surface area contributed by atoms with Gasteiger partial charge in [0.1, 0.15) is 16.2 Å². The van der Waals surface area contributed by atoms with Gasteiger partial charge in [0.2, 0.25) is 10.0 Å². The van der Waals surface area contributed by atoms with Gasteiger partial charge in [0.05, 0.1) is 7.11 Å². The van der Waals surface area contributed by atoms with Gasteiger partial charge in [0.15, 0.2) is 0 Å². The normalized spacial score (nSPS) is 20.3. The first-order valence-corrected chi connectivity index (χ1v) is 10.6. The van der Waals surface area contributed by atoms with Crippen LogP contribution in [0.5, 0.6) is 5.75 Å². The summed E-state index contributed by atoms with van der Waals surface area (Å²) in [5.41, 5.74) is 1.52. The molecule has 0 spiro atoms. The lowest BCUT2D eigenvalue weighted by Gasteiger charge is -2.32. The van der Waals surface area contributed by atoms with Crippen LogP contribution in [0.15, 0.2) is 28.5 Å². The highest BCUT2D eigenvalue weighted by Gasteiger charge is 2.36. The molecule has 1 heterocycles. The summed E-state index contributed by atoms with van der Waals surface area (Å²) in [7, 11) is -2.34. The average molecular weight is 382 g/mol. The minimum Gasteiger partial charge on any atom is -0.495 e. The predicted octanol–water partition coefficient (Wildman–Crippen LogP) is 2.88. The van der Waals surface area contributed by atoms with Crippen LogP contribution >= 0.6 is 11.3 Å².